The predicted molar refractivity (Wildman–Crippen MR) is 58.7 cm³/mol. The number of aromatic nitrogens is 2. The second-order valence-electron chi connectivity index (χ2n) is 4.37. The minimum absolute atomic E-state index is 0.559. The van der Waals surface area contributed by atoms with Gasteiger partial charge in [-0.15, -0.1) is 0 Å². The summed E-state index contributed by atoms with van der Waals surface area (Å²) in [6, 6.07) is 0.559. The molecule has 1 aliphatic carbocycles. The number of hydrogen-bond donors (Lipinski definition) is 1. The van der Waals surface area contributed by atoms with Crippen molar-refractivity contribution < 1.29 is 4.52 Å². The molecule has 4 nitrogen and oxygen atoms in total. The van der Waals surface area contributed by atoms with E-state index in [9.17, 15) is 0 Å². The van der Waals surface area contributed by atoms with Gasteiger partial charge < -0.3 is 9.84 Å². The molecule has 2 rings (SSSR count). The molecule has 1 aromatic rings. The van der Waals surface area contributed by atoms with Gasteiger partial charge in [0.2, 0.25) is 0 Å². The Morgan fingerprint density at radius 3 is 2.80 bits per heavy atom. The molecule has 1 saturated carbocycles. The topological polar surface area (TPSA) is 51.0 Å². The Bertz CT molecular complexity index is 292. The van der Waals surface area contributed by atoms with Crippen molar-refractivity contribution in [3.8, 4) is 0 Å². The Hall–Kier alpha value is -1.06. The van der Waals surface area contributed by atoms with Crippen LogP contribution in [0.5, 0.6) is 0 Å². The van der Waals surface area contributed by atoms with Gasteiger partial charge in [0, 0.05) is 6.54 Å². The van der Waals surface area contributed by atoms with Crippen LogP contribution in [-0.2, 0) is 0 Å². The molecule has 0 aliphatic heterocycles. The molecular formula is C11H19N3O. The van der Waals surface area contributed by atoms with E-state index in [-0.39, 0.29) is 0 Å². The summed E-state index contributed by atoms with van der Waals surface area (Å²) >= 11 is 0. The predicted octanol–water partition coefficient (Wildman–Crippen LogP) is 2.76. The zero-order chi connectivity index (χ0) is 10.5. The third-order valence-electron chi connectivity index (χ3n) is 3.08. The second-order valence-corrected chi connectivity index (χ2v) is 4.37. The van der Waals surface area contributed by atoms with Gasteiger partial charge in [0.05, 0.1) is 0 Å². The van der Waals surface area contributed by atoms with Crippen LogP contribution in [0.15, 0.2) is 4.52 Å². The molecule has 0 aromatic carbocycles. The molecule has 0 bridgehead atoms. The highest BCUT2D eigenvalue weighted by atomic mass is 16.5. The van der Waals surface area contributed by atoms with Crippen LogP contribution in [0, 0.1) is 12.8 Å². The Kier molecular flexibility index (Phi) is 3.59. The van der Waals surface area contributed by atoms with Gasteiger partial charge in [0.15, 0.2) is 5.82 Å². The fraction of sp³-hybridized carbons (Fsp3) is 0.818. The molecule has 0 unspecified atom stereocenters. The Morgan fingerprint density at radius 2 is 2.13 bits per heavy atom. The first kappa shape index (κ1) is 10.5. The fourth-order valence-corrected chi connectivity index (χ4v) is 2.23. The first-order valence-electron chi connectivity index (χ1n) is 5.89. The van der Waals surface area contributed by atoms with Crippen LogP contribution in [0.25, 0.3) is 0 Å². The summed E-state index contributed by atoms with van der Waals surface area (Å²) in [5, 5.41) is 6.91. The second kappa shape index (κ2) is 5.14. The fourth-order valence-electron chi connectivity index (χ4n) is 2.23. The van der Waals surface area contributed by atoms with Gasteiger partial charge in [-0.25, -0.2) is 0 Å². The van der Waals surface area contributed by atoms with E-state index in [0.717, 1.165) is 12.5 Å². The van der Waals surface area contributed by atoms with Crippen molar-refractivity contribution >= 4 is 6.01 Å². The van der Waals surface area contributed by atoms with Gasteiger partial charge in [-0.05, 0) is 19.3 Å². The van der Waals surface area contributed by atoms with Crippen molar-refractivity contribution in [2.24, 2.45) is 5.92 Å². The van der Waals surface area contributed by atoms with E-state index < -0.39 is 0 Å². The van der Waals surface area contributed by atoms with Gasteiger partial charge in [0.1, 0.15) is 0 Å². The van der Waals surface area contributed by atoms with E-state index in [1.807, 2.05) is 6.92 Å². The summed E-state index contributed by atoms with van der Waals surface area (Å²) in [6.07, 6.45) is 8.25. The molecule has 0 saturated heterocycles. The van der Waals surface area contributed by atoms with Crippen LogP contribution in [0.2, 0.25) is 0 Å². The average molecular weight is 209 g/mol. The van der Waals surface area contributed by atoms with Crippen molar-refractivity contribution in [1.82, 2.24) is 10.1 Å². The van der Waals surface area contributed by atoms with Crippen molar-refractivity contribution in [1.29, 1.82) is 0 Å². The lowest BCUT2D eigenvalue weighted by Crippen LogP contribution is -2.12. The Morgan fingerprint density at radius 1 is 1.33 bits per heavy atom. The van der Waals surface area contributed by atoms with Crippen molar-refractivity contribution in [3.63, 3.8) is 0 Å². The quantitative estimate of drug-likeness (QED) is 0.828. The molecule has 1 aromatic heterocycles. The molecular weight excluding hydrogens is 190 g/mol. The lowest BCUT2D eigenvalue weighted by atomic mass is 9.87. The minimum Gasteiger partial charge on any atom is -0.338 e. The van der Waals surface area contributed by atoms with Crippen LogP contribution in [0.4, 0.5) is 6.01 Å². The summed E-state index contributed by atoms with van der Waals surface area (Å²) in [4.78, 5) is 4.10. The standard InChI is InChI=1S/C11H19N3O/c1-9-13-11(15-14-9)12-8-7-10-5-3-2-4-6-10/h10H,2-8H2,1H3,(H,12,13,14). The van der Waals surface area contributed by atoms with Crippen LogP contribution >= 0.6 is 0 Å². The Labute approximate surface area is 90.4 Å². The molecule has 1 heterocycles. The first-order chi connectivity index (χ1) is 7.34. The molecule has 1 aliphatic rings. The highest BCUT2D eigenvalue weighted by Gasteiger charge is 2.13. The SMILES string of the molecule is Cc1noc(NCCC2CCCCC2)n1. The average Bonchev–Trinajstić information content (AvgIpc) is 2.66. The summed E-state index contributed by atoms with van der Waals surface area (Å²) in [5.41, 5.74) is 0. The van der Waals surface area contributed by atoms with E-state index in [1.165, 1.54) is 38.5 Å². The monoisotopic (exact) mass is 209 g/mol. The molecule has 0 spiro atoms. The zero-order valence-corrected chi connectivity index (χ0v) is 9.33. The molecule has 1 fully saturated rings. The minimum atomic E-state index is 0.559. The molecule has 84 valence electrons. The number of nitrogens with zero attached hydrogens (tertiary/aromatic N) is 2. The third kappa shape index (κ3) is 3.22. The van der Waals surface area contributed by atoms with E-state index >= 15 is 0 Å². The summed E-state index contributed by atoms with van der Waals surface area (Å²) in [6.45, 7) is 2.78. The van der Waals surface area contributed by atoms with Gasteiger partial charge in [-0.3, -0.25) is 0 Å². The highest BCUT2D eigenvalue weighted by Crippen LogP contribution is 2.26. The van der Waals surface area contributed by atoms with Gasteiger partial charge in [0.25, 0.3) is 0 Å². The van der Waals surface area contributed by atoms with Crippen molar-refractivity contribution in [2.45, 2.75) is 45.4 Å². The van der Waals surface area contributed by atoms with Crippen molar-refractivity contribution in [2.75, 3.05) is 11.9 Å². The maximum Gasteiger partial charge on any atom is 0.321 e. The number of rotatable bonds is 4. The van der Waals surface area contributed by atoms with E-state index in [1.54, 1.807) is 0 Å². The Balaban J connectivity index is 1.65. The lowest BCUT2D eigenvalue weighted by molar-refractivity contribution is 0.343. The molecule has 0 radical (unpaired) electrons. The third-order valence-corrected chi connectivity index (χ3v) is 3.08. The maximum absolute atomic E-state index is 4.98. The number of hydrogen-bond acceptors (Lipinski definition) is 4. The van der Waals surface area contributed by atoms with Crippen LogP contribution < -0.4 is 5.32 Å². The van der Waals surface area contributed by atoms with Crippen molar-refractivity contribution in [3.05, 3.63) is 5.82 Å². The molecule has 0 amide bonds. The zero-order valence-electron chi connectivity index (χ0n) is 9.33. The van der Waals surface area contributed by atoms with Gasteiger partial charge in [-0.1, -0.05) is 37.3 Å². The normalized spacial score (nSPS) is 17.9. The van der Waals surface area contributed by atoms with Crippen LogP contribution in [0.3, 0.4) is 0 Å². The van der Waals surface area contributed by atoms with E-state index in [0.29, 0.717) is 11.8 Å². The first-order valence-corrected chi connectivity index (χ1v) is 5.89. The lowest BCUT2D eigenvalue weighted by Gasteiger charge is -2.21. The summed E-state index contributed by atoms with van der Waals surface area (Å²) < 4.78 is 4.98. The number of nitrogens with one attached hydrogen (secondary N) is 1. The smallest absolute Gasteiger partial charge is 0.321 e. The molecule has 15 heavy (non-hydrogen) atoms. The summed E-state index contributed by atoms with van der Waals surface area (Å²) in [7, 11) is 0. The van der Waals surface area contributed by atoms with Crippen LogP contribution in [0.1, 0.15) is 44.3 Å². The van der Waals surface area contributed by atoms with E-state index in [4.69, 9.17) is 4.52 Å². The molecule has 1 N–H and O–H groups in total. The number of aryl methyl sites for hydroxylation is 1. The van der Waals surface area contributed by atoms with Gasteiger partial charge in [-0.2, -0.15) is 4.98 Å². The largest absolute Gasteiger partial charge is 0.338 e. The maximum atomic E-state index is 4.98. The van der Waals surface area contributed by atoms with E-state index in [2.05, 4.69) is 15.5 Å². The molecule has 4 heteroatoms. The highest BCUT2D eigenvalue weighted by molar-refractivity contribution is 5.17. The summed E-state index contributed by atoms with van der Waals surface area (Å²) in [5.74, 6) is 1.59. The van der Waals surface area contributed by atoms with Crippen LogP contribution in [-0.4, -0.2) is 16.7 Å². The van der Waals surface area contributed by atoms with Gasteiger partial charge >= 0.3 is 6.01 Å². The number of anilines is 1. The molecule has 0 atom stereocenters.